The molecule has 0 aliphatic carbocycles. The lowest BCUT2D eigenvalue weighted by molar-refractivity contribution is -0.173. The first-order chi connectivity index (χ1) is 17.9. The van der Waals surface area contributed by atoms with Gasteiger partial charge in [0.05, 0.1) is 12.1 Å². The van der Waals surface area contributed by atoms with Crippen molar-refractivity contribution in [2.24, 2.45) is 0 Å². The third-order valence-electron chi connectivity index (χ3n) is 7.35. The van der Waals surface area contributed by atoms with Crippen molar-refractivity contribution < 1.29 is 19.0 Å². The summed E-state index contributed by atoms with van der Waals surface area (Å²) in [6.07, 6.45) is 0.152. The van der Waals surface area contributed by atoms with E-state index in [1.807, 2.05) is 68.4 Å². The minimum Gasteiger partial charge on any atom is -0.494 e. The zero-order valence-corrected chi connectivity index (χ0v) is 22.1. The first-order valence-electron chi connectivity index (χ1n) is 12.8. The highest BCUT2D eigenvalue weighted by molar-refractivity contribution is 6.09. The van der Waals surface area contributed by atoms with Gasteiger partial charge in [-0.1, -0.05) is 60.7 Å². The lowest BCUT2D eigenvalue weighted by atomic mass is 9.90. The second kappa shape index (κ2) is 9.91. The minimum atomic E-state index is -1.24. The van der Waals surface area contributed by atoms with E-state index in [9.17, 15) is 4.79 Å². The molecule has 0 bridgehead atoms. The van der Waals surface area contributed by atoms with Gasteiger partial charge in [-0.25, -0.2) is 4.79 Å². The minimum absolute atomic E-state index is 0.387. The number of esters is 1. The summed E-state index contributed by atoms with van der Waals surface area (Å²) in [5.74, 6) is 0.441. The van der Waals surface area contributed by atoms with Crippen molar-refractivity contribution in [1.29, 1.82) is 0 Å². The number of nitrogens with one attached hydrogen (secondary N) is 1. The number of hydrogen-bond acceptors (Lipinski definition) is 4. The van der Waals surface area contributed by atoms with E-state index in [1.165, 1.54) is 0 Å². The van der Waals surface area contributed by atoms with Gasteiger partial charge >= 0.3 is 5.97 Å². The molecule has 0 spiro atoms. The predicted octanol–water partition coefficient (Wildman–Crippen LogP) is 7.22. The summed E-state index contributed by atoms with van der Waals surface area (Å²) >= 11 is 0. The highest BCUT2D eigenvalue weighted by Crippen LogP contribution is 2.37. The Kier molecular flexibility index (Phi) is 6.65. The molecule has 0 amide bonds. The first-order valence-corrected chi connectivity index (χ1v) is 12.8. The molecule has 37 heavy (non-hydrogen) atoms. The van der Waals surface area contributed by atoms with Crippen LogP contribution in [0.3, 0.4) is 0 Å². The van der Waals surface area contributed by atoms with Crippen molar-refractivity contribution in [2.45, 2.75) is 45.8 Å². The fourth-order valence-electron chi connectivity index (χ4n) is 5.26. The topological polar surface area (TPSA) is 60.5 Å². The molecule has 1 N–H and O–H groups in total. The Labute approximate surface area is 217 Å². The van der Waals surface area contributed by atoms with Crippen molar-refractivity contribution >= 4 is 38.5 Å². The van der Waals surface area contributed by atoms with E-state index in [2.05, 4.69) is 30.1 Å². The summed E-state index contributed by atoms with van der Waals surface area (Å²) in [6, 6.07) is 24.3. The molecule has 0 aliphatic rings. The molecule has 5 aromatic rings. The number of hydrogen-bond donors (Lipinski definition) is 1. The van der Waals surface area contributed by atoms with Gasteiger partial charge in [0.2, 0.25) is 0 Å². The van der Waals surface area contributed by atoms with Crippen LogP contribution in [0.25, 0.3) is 32.6 Å². The molecule has 5 rings (SSSR count). The van der Waals surface area contributed by atoms with E-state index in [0.29, 0.717) is 13.0 Å². The van der Waals surface area contributed by atoms with Crippen LogP contribution in [0, 0.1) is 6.92 Å². The van der Waals surface area contributed by atoms with Crippen LogP contribution in [0.1, 0.15) is 37.5 Å². The van der Waals surface area contributed by atoms with Gasteiger partial charge in [-0.15, -0.1) is 0 Å². The van der Waals surface area contributed by atoms with Crippen LogP contribution >= 0.6 is 0 Å². The molecule has 1 aromatic heterocycles. The van der Waals surface area contributed by atoms with E-state index >= 15 is 0 Å². The van der Waals surface area contributed by atoms with Gasteiger partial charge in [0.25, 0.3) is 0 Å². The third-order valence-corrected chi connectivity index (χ3v) is 7.35. The molecule has 0 radical (unpaired) electrons. The van der Waals surface area contributed by atoms with Gasteiger partial charge in [-0.3, -0.25) is 0 Å². The van der Waals surface area contributed by atoms with Crippen LogP contribution in [-0.4, -0.2) is 30.8 Å². The largest absolute Gasteiger partial charge is 0.494 e. The van der Waals surface area contributed by atoms with Crippen LogP contribution in [0.2, 0.25) is 0 Å². The van der Waals surface area contributed by atoms with E-state index in [-0.39, 0.29) is 6.10 Å². The van der Waals surface area contributed by atoms with E-state index in [4.69, 9.17) is 14.2 Å². The zero-order chi connectivity index (χ0) is 26.2. The normalized spacial score (nSPS) is 14.1. The number of H-pyrrole nitrogens is 1. The fourth-order valence-corrected chi connectivity index (χ4v) is 5.26. The maximum absolute atomic E-state index is 13.6. The SMILES string of the molecule is CCOc1cc2c([nH]c3ccccc32)c(C[C@@H](C)OC(=O)[C@@](C)(OC)c2cccc3ccccc23)c1C. The van der Waals surface area contributed by atoms with Gasteiger partial charge in [0.1, 0.15) is 11.9 Å². The number of methoxy groups -OCH3 is 1. The molecule has 0 saturated carbocycles. The Hall–Kier alpha value is -3.83. The Balaban J connectivity index is 1.49. The monoisotopic (exact) mass is 495 g/mol. The predicted molar refractivity (Wildman–Crippen MR) is 149 cm³/mol. The van der Waals surface area contributed by atoms with Gasteiger partial charge in [0.15, 0.2) is 5.60 Å². The Morgan fingerprint density at radius 3 is 2.43 bits per heavy atom. The quantitative estimate of drug-likeness (QED) is 0.231. The van der Waals surface area contributed by atoms with Gasteiger partial charge in [-0.2, -0.15) is 0 Å². The molecule has 5 heteroatoms. The van der Waals surface area contributed by atoms with Gasteiger partial charge < -0.3 is 19.2 Å². The lowest BCUT2D eigenvalue weighted by Crippen LogP contribution is -2.38. The molecule has 0 aliphatic heterocycles. The highest BCUT2D eigenvalue weighted by Gasteiger charge is 2.39. The maximum atomic E-state index is 13.6. The van der Waals surface area contributed by atoms with Crippen molar-refractivity contribution in [1.82, 2.24) is 4.98 Å². The average Bonchev–Trinajstić information content (AvgIpc) is 3.28. The number of ether oxygens (including phenoxy) is 3. The Morgan fingerprint density at radius 2 is 1.68 bits per heavy atom. The molecule has 0 saturated heterocycles. The summed E-state index contributed by atoms with van der Waals surface area (Å²) in [4.78, 5) is 17.2. The number of carbonyl (C=O) groups is 1. The summed E-state index contributed by atoms with van der Waals surface area (Å²) in [5.41, 5.74) is 3.80. The molecule has 190 valence electrons. The number of fused-ring (bicyclic) bond motifs is 4. The molecule has 2 atom stereocenters. The number of benzene rings is 4. The Morgan fingerprint density at radius 1 is 0.973 bits per heavy atom. The van der Waals surface area contributed by atoms with E-state index < -0.39 is 11.6 Å². The fraction of sp³-hybridized carbons (Fsp3) is 0.281. The number of para-hydroxylation sites is 1. The Bertz CT molecular complexity index is 1600. The molecular formula is C32H33NO4. The number of aromatic amines is 1. The van der Waals surface area contributed by atoms with Crippen molar-refractivity contribution in [3.8, 4) is 5.75 Å². The maximum Gasteiger partial charge on any atom is 0.343 e. The smallest absolute Gasteiger partial charge is 0.343 e. The average molecular weight is 496 g/mol. The number of aromatic nitrogens is 1. The second-order valence-corrected chi connectivity index (χ2v) is 9.69. The van der Waals surface area contributed by atoms with Crippen LogP contribution in [0.4, 0.5) is 0 Å². The standard InChI is InChI=1S/C32H33NO4/c1-6-36-29-19-26-24-15-9-10-17-28(24)33-30(26)25(21(29)3)18-20(2)37-31(34)32(4,35-5)27-16-11-13-22-12-7-8-14-23(22)27/h7-17,19-20,33H,6,18H2,1-5H3/t20-,32+/m1/s1. The summed E-state index contributed by atoms with van der Waals surface area (Å²) in [5, 5.41) is 4.27. The molecule has 0 unspecified atom stereocenters. The molecule has 1 heterocycles. The number of rotatable bonds is 8. The van der Waals surface area contributed by atoms with Gasteiger partial charge in [0, 0.05) is 35.4 Å². The van der Waals surface area contributed by atoms with Gasteiger partial charge in [-0.05, 0) is 61.7 Å². The molecule has 5 nitrogen and oxygen atoms in total. The van der Waals surface area contributed by atoms with Crippen LogP contribution in [0.5, 0.6) is 5.75 Å². The molecular weight excluding hydrogens is 462 g/mol. The van der Waals surface area contributed by atoms with E-state index in [0.717, 1.165) is 55.0 Å². The molecule has 0 fully saturated rings. The van der Waals surface area contributed by atoms with E-state index in [1.54, 1.807) is 14.0 Å². The summed E-state index contributed by atoms with van der Waals surface area (Å²) in [7, 11) is 1.55. The highest BCUT2D eigenvalue weighted by atomic mass is 16.6. The third kappa shape index (κ3) is 4.34. The summed E-state index contributed by atoms with van der Waals surface area (Å²) < 4.78 is 17.9. The lowest BCUT2D eigenvalue weighted by Gasteiger charge is -2.29. The van der Waals surface area contributed by atoms with Crippen LogP contribution in [-0.2, 0) is 26.3 Å². The van der Waals surface area contributed by atoms with Crippen molar-refractivity contribution in [2.75, 3.05) is 13.7 Å². The summed E-state index contributed by atoms with van der Waals surface area (Å²) in [6.45, 7) is 8.34. The second-order valence-electron chi connectivity index (χ2n) is 9.69. The van der Waals surface area contributed by atoms with Crippen LogP contribution < -0.4 is 4.74 Å². The van der Waals surface area contributed by atoms with Crippen molar-refractivity contribution in [3.05, 3.63) is 89.5 Å². The zero-order valence-electron chi connectivity index (χ0n) is 22.1. The number of carbonyl (C=O) groups excluding carboxylic acids is 1. The molecule has 4 aromatic carbocycles. The van der Waals surface area contributed by atoms with Crippen molar-refractivity contribution in [3.63, 3.8) is 0 Å². The first kappa shape index (κ1) is 24.8. The van der Waals surface area contributed by atoms with Crippen LogP contribution in [0.15, 0.2) is 72.8 Å².